The second kappa shape index (κ2) is 7.14. The Morgan fingerprint density at radius 3 is 2.94 bits per heavy atom. The number of amides is 2. The average molecular weight is 257 g/mol. The summed E-state index contributed by atoms with van der Waals surface area (Å²) in [6.07, 6.45) is 0. The molecule has 0 radical (unpaired) electrons. The van der Waals surface area contributed by atoms with Crippen molar-refractivity contribution in [3.63, 3.8) is 0 Å². The van der Waals surface area contributed by atoms with Crippen LogP contribution in [0, 0.1) is 0 Å². The Balaban J connectivity index is 2.33. The topological polar surface area (TPSA) is 50.4 Å². The summed E-state index contributed by atoms with van der Waals surface area (Å²) in [5, 5.41) is 6.17. The average Bonchev–Trinajstić information content (AvgIpc) is 2.27. The zero-order valence-corrected chi connectivity index (χ0v) is 10.8. The summed E-state index contributed by atoms with van der Waals surface area (Å²) < 4.78 is 4.92. The summed E-state index contributed by atoms with van der Waals surface area (Å²) in [6.45, 7) is 2.82. The number of carbonyl (C=O) groups excluding carboxylic acids is 1. The third-order valence-electron chi connectivity index (χ3n) is 2.14. The molecule has 2 N–H and O–H groups in total. The van der Waals surface area contributed by atoms with Gasteiger partial charge in [-0.05, 0) is 24.6 Å². The molecular weight excluding hydrogens is 240 g/mol. The number of hydrogen-bond acceptors (Lipinski definition) is 2. The number of carbonyl (C=O) groups is 1. The van der Waals surface area contributed by atoms with Gasteiger partial charge in [-0.1, -0.05) is 23.7 Å². The lowest BCUT2D eigenvalue weighted by atomic mass is 10.2. The van der Waals surface area contributed by atoms with Gasteiger partial charge in [-0.25, -0.2) is 4.79 Å². The highest BCUT2D eigenvalue weighted by Gasteiger charge is 2.05. The van der Waals surface area contributed by atoms with Crippen LogP contribution in [0.4, 0.5) is 4.79 Å². The van der Waals surface area contributed by atoms with E-state index in [1.54, 1.807) is 13.2 Å². The van der Waals surface area contributed by atoms with Gasteiger partial charge in [0, 0.05) is 18.7 Å². The minimum absolute atomic E-state index is 0.0145. The molecule has 0 saturated carbocycles. The number of urea groups is 1. The first-order chi connectivity index (χ1) is 8.11. The molecule has 1 unspecified atom stereocenters. The van der Waals surface area contributed by atoms with Crippen LogP contribution in [0.15, 0.2) is 24.3 Å². The fourth-order valence-corrected chi connectivity index (χ4v) is 1.61. The molecule has 1 aromatic rings. The summed E-state index contributed by atoms with van der Waals surface area (Å²) in [6, 6.07) is 7.15. The third kappa shape index (κ3) is 5.56. The van der Waals surface area contributed by atoms with Gasteiger partial charge < -0.3 is 15.4 Å². The van der Waals surface area contributed by atoms with Crippen LogP contribution in [0.1, 0.15) is 12.5 Å². The van der Waals surface area contributed by atoms with E-state index in [1.165, 1.54) is 0 Å². The third-order valence-corrected chi connectivity index (χ3v) is 2.37. The zero-order chi connectivity index (χ0) is 12.7. The lowest BCUT2D eigenvalue weighted by molar-refractivity contribution is 0.171. The zero-order valence-electron chi connectivity index (χ0n) is 10.00. The molecular formula is C12H17ClN2O2. The Morgan fingerprint density at radius 2 is 2.29 bits per heavy atom. The van der Waals surface area contributed by atoms with E-state index in [0.29, 0.717) is 18.2 Å². The van der Waals surface area contributed by atoms with Gasteiger partial charge in [-0.3, -0.25) is 0 Å². The Kier molecular flexibility index (Phi) is 5.80. The van der Waals surface area contributed by atoms with Crippen molar-refractivity contribution in [2.75, 3.05) is 13.7 Å². The smallest absolute Gasteiger partial charge is 0.315 e. The molecule has 2 amide bonds. The predicted octanol–water partition coefficient (Wildman–Crippen LogP) is 2.17. The van der Waals surface area contributed by atoms with Gasteiger partial charge in [0.2, 0.25) is 0 Å². The minimum atomic E-state index is -0.213. The quantitative estimate of drug-likeness (QED) is 0.848. The molecule has 5 heteroatoms. The van der Waals surface area contributed by atoms with Gasteiger partial charge in [-0.2, -0.15) is 0 Å². The predicted molar refractivity (Wildman–Crippen MR) is 68.2 cm³/mol. The maximum absolute atomic E-state index is 11.5. The maximum Gasteiger partial charge on any atom is 0.315 e. The van der Waals surface area contributed by atoms with Crippen molar-refractivity contribution in [1.29, 1.82) is 0 Å². The Labute approximate surface area is 106 Å². The van der Waals surface area contributed by atoms with E-state index in [4.69, 9.17) is 16.3 Å². The van der Waals surface area contributed by atoms with Crippen LogP contribution in [-0.2, 0) is 11.3 Å². The fraction of sp³-hybridized carbons (Fsp3) is 0.417. The first-order valence-corrected chi connectivity index (χ1v) is 5.77. The van der Waals surface area contributed by atoms with Crippen LogP contribution in [0.5, 0.6) is 0 Å². The van der Waals surface area contributed by atoms with E-state index in [0.717, 1.165) is 5.56 Å². The molecule has 0 saturated heterocycles. The normalized spacial score (nSPS) is 11.9. The number of benzene rings is 1. The highest BCUT2D eigenvalue weighted by Crippen LogP contribution is 2.10. The van der Waals surface area contributed by atoms with Gasteiger partial charge in [0.15, 0.2) is 0 Å². The molecule has 0 aliphatic rings. The van der Waals surface area contributed by atoms with Crippen molar-refractivity contribution in [3.05, 3.63) is 34.9 Å². The van der Waals surface area contributed by atoms with E-state index >= 15 is 0 Å². The van der Waals surface area contributed by atoms with Gasteiger partial charge >= 0.3 is 6.03 Å². The Hall–Kier alpha value is -1.26. The second-order valence-electron chi connectivity index (χ2n) is 3.81. The number of rotatable bonds is 5. The molecule has 0 heterocycles. The van der Waals surface area contributed by atoms with Crippen LogP contribution in [0.3, 0.4) is 0 Å². The first kappa shape index (κ1) is 13.8. The summed E-state index contributed by atoms with van der Waals surface area (Å²) in [5.41, 5.74) is 0.965. The molecule has 0 spiro atoms. The van der Waals surface area contributed by atoms with E-state index in [2.05, 4.69) is 10.6 Å². The number of ether oxygens (including phenoxy) is 1. The molecule has 4 nitrogen and oxygen atoms in total. The molecule has 0 bridgehead atoms. The minimum Gasteiger partial charge on any atom is -0.383 e. The molecule has 94 valence electrons. The number of hydrogen-bond donors (Lipinski definition) is 2. The van der Waals surface area contributed by atoms with Crippen molar-refractivity contribution in [2.24, 2.45) is 0 Å². The van der Waals surface area contributed by atoms with Crippen LogP contribution in [-0.4, -0.2) is 25.8 Å². The fourth-order valence-electron chi connectivity index (χ4n) is 1.40. The lowest BCUT2D eigenvalue weighted by Gasteiger charge is -2.13. The number of methoxy groups -OCH3 is 1. The summed E-state index contributed by atoms with van der Waals surface area (Å²) in [5.74, 6) is 0. The molecule has 1 atom stereocenters. The first-order valence-electron chi connectivity index (χ1n) is 5.39. The molecule has 0 aromatic heterocycles. The standard InChI is InChI=1S/C12H17ClN2O2/c1-9(8-17-2)15-12(16)14-7-10-4-3-5-11(13)6-10/h3-6,9H,7-8H2,1-2H3,(H2,14,15,16). The molecule has 1 aromatic carbocycles. The molecule has 0 fully saturated rings. The monoisotopic (exact) mass is 256 g/mol. The van der Waals surface area contributed by atoms with Crippen LogP contribution >= 0.6 is 11.6 Å². The van der Waals surface area contributed by atoms with Gasteiger partial charge in [0.1, 0.15) is 0 Å². The van der Waals surface area contributed by atoms with Crippen molar-refractivity contribution in [1.82, 2.24) is 10.6 Å². The van der Waals surface area contributed by atoms with Gasteiger partial charge in [-0.15, -0.1) is 0 Å². The Morgan fingerprint density at radius 1 is 1.53 bits per heavy atom. The van der Waals surface area contributed by atoms with Crippen molar-refractivity contribution < 1.29 is 9.53 Å². The van der Waals surface area contributed by atoms with Gasteiger partial charge in [0.05, 0.1) is 12.6 Å². The SMILES string of the molecule is COCC(C)NC(=O)NCc1cccc(Cl)c1. The van der Waals surface area contributed by atoms with Crippen LogP contribution < -0.4 is 10.6 Å². The summed E-state index contributed by atoms with van der Waals surface area (Å²) in [4.78, 5) is 11.5. The highest BCUT2D eigenvalue weighted by molar-refractivity contribution is 6.30. The van der Waals surface area contributed by atoms with E-state index in [-0.39, 0.29) is 12.1 Å². The van der Waals surface area contributed by atoms with Crippen LogP contribution in [0.25, 0.3) is 0 Å². The lowest BCUT2D eigenvalue weighted by Crippen LogP contribution is -2.42. The van der Waals surface area contributed by atoms with Crippen molar-refractivity contribution in [2.45, 2.75) is 19.5 Å². The molecule has 17 heavy (non-hydrogen) atoms. The molecule has 0 aliphatic heterocycles. The van der Waals surface area contributed by atoms with Crippen molar-refractivity contribution >= 4 is 17.6 Å². The second-order valence-corrected chi connectivity index (χ2v) is 4.25. The number of halogens is 1. The van der Waals surface area contributed by atoms with E-state index in [1.807, 2.05) is 25.1 Å². The molecule has 1 rings (SSSR count). The van der Waals surface area contributed by atoms with E-state index in [9.17, 15) is 4.79 Å². The van der Waals surface area contributed by atoms with Crippen molar-refractivity contribution in [3.8, 4) is 0 Å². The number of nitrogens with one attached hydrogen (secondary N) is 2. The maximum atomic E-state index is 11.5. The Bertz CT molecular complexity index is 371. The van der Waals surface area contributed by atoms with Crippen LogP contribution in [0.2, 0.25) is 5.02 Å². The van der Waals surface area contributed by atoms with Gasteiger partial charge in [0.25, 0.3) is 0 Å². The largest absolute Gasteiger partial charge is 0.383 e. The highest BCUT2D eigenvalue weighted by atomic mass is 35.5. The summed E-state index contributed by atoms with van der Waals surface area (Å²) in [7, 11) is 1.60. The molecule has 0 aliphatic carbocycles. The summed E-state index contributed by atoms with van der Waals surface area (Å²) >= 11 is 5.84. The van der Waals surface area contributed by atoms with E-state index < -0.39 is 0 Å².